The number of alkyl halides is 1. The van der Waals surface area contributed by atoms with E-state index in [4.69, 9.17) is 23.2 Å². The number of anilines is 1. The maximum absolute atomic E-state index is 9.49. The molecular formula is C13H19Cl2NO. The minimum absolute atomic E-state index is 0.233. The molecule has 0 amide bonds. The van der Waals surface area contributed by atoms with Gasteiger partial charge in [0.15, 0.2) is 0 Å². The molecule has 0 aliphatic rings. The summed E-state index contributed by atoms with van der Waals surface area (Å²) in [5.41, 5.74) is 3.37. The van der Waals surface area contributed by atoms with Crippen LogP contribution in [-0.2, 0) is 12.8 Å². The largest absolute Gasteiger partial charge is 0.390 e. The van der Waals surface area contributed by atoms with Gasteiger partial charge in [0.25, 0.3) is 0 Å². The Kier molecular flexibility index (Phi) is 6.10. The van der Waals surface area contributed by atoms with Gasteiger partial charge in [-0.15, -0.1) is 11.6 Å². The molecule has 0 saturated carbocycles. The molecule has 1 atom stereocenters. The summed E-state index contributed by atoms with van der Waals surface area (Å²) in [6, 6.07) is 3.96. The number of hydrogen-bond acceptors (Lipinski definition) is 2. The second-order valence-corrected chi connectivity index (χ2v) is 4.67. The van der Waals surface area contributed by atoms with Gasteiger partial charge in [-0.25, -0.2) is 0 Å². The van der Waals surface area contributed by atoms with Crippen molar-refractivity contribution in [2.45, 2.75) is 32.8 Å². The molecule has 0 heterocycles. The number of halogens is 2. The van der Waals surface area contributed by atoms with Crippen molar-refractivity contribution < 1.29 is 5.11 Å². The Balaban J connectivity index is 2.97. The molecule has 96 valence electrons. The highest BCUT2D eigenvalue weighted by atomic mass is 35.5. The number of rotatable bonds is 6. The summed E-state index contributed by atoms with van der Waals surface area (Å²) in [6.07, 6.45) is 1.26. The summed E-state index contributed by atoms with van der Waals surface area (Å²) >= 11 is 11.8. The molecule has 1 aromatic rings. The lowest BCUT2D eigenvalue weighted by molar-refractivity contribution is 0.211. The van der Waals surface area contributed by atoms with E-state index in [-0.39, 0.29) is 5.88 Å². The van der Waals surface area contributed by atoms with Crippen LogP contribution in [0.4, 0.5) is 5.69 Å². The fourth-order valence-electron chi connectivity index (χ4n) is 1.81. The Labute approximate surface area is 113 Å². The van der Waals surface area contributed by atoms with Crippen LogP contribution in [0.5, 0.6) is 0 Å². The highest BCUT2D eigenvalue weighted by Gasteiger charge is 2.11. The molecule has 0 radical (unpaired) electrons. The van der Waals surface area contributed by atoms with Gasteiger partial charge in [-0.2, -0.15) is 0 Å². The van der Waals surface area contributed by atoms with E-state index in [9.17, 15) is 5.11 Å². The summed E-state index contributed by atoms with van der Waals surface area (Å²) in [4.78, 5) is 0. The van der Waals surface area contributed by atoms with Crippen LogP contribution in [0.3, 0.4) is 0 Å². The van der Waals surface area contributed by atoms with Gasteiger partial charge < -0.3 is 10.4 Å². The Morgan fingerprint density at radius 2 is 2.00 bits per heavy atom. The van der Waals surface area contributed by atoms with Gasteiger partial charge in [0, 0.05) is 17.3 Å². The van der Waals surface area contributed by atoms with Crippen LogP contribution in [0.25, 0.3) is 0 Å². The van der Waals surface area contributed by atoms with Crippen molar-refractivity contribution >= 4 is 28.9 Å². The smallest absolute Gasteiger partial charge is 0.0847 e. The van der Waals surface area contributed by atoms with Crippen LogP contribution in [0.2, 0.25) is 5.02 Å². The van der Waals surface area contributed by atoms with Gasteiger partial charge in [0.05, 0.1) is 12.0 Å². The molecule has 0 aliphatic heterocycles. The third-order valence-corrected chi connectivity index (χ3v) is 3.48. The van der Waals surface area contributed by atoms with Gasteiger partial charge >= 0.3 is 0 Å². The molecule has 1 rings (SSSR count). The number of nitrogens with one attached hydrogen (secondary N) is 1. The van der Waals surface area contributed by atoms with E-state index in [0.29, 0.717) is 6.54 Å². The van der Waals surface area contributed by atoms with Crippen molar-refractivity contribution in [2.24, 2.45) is 0 Å². The lowest BCUT2D eigenvalue weighted by Gasteiger charge is -2.18. The average Bonchev–Trinajstić information content (AvgIpc) is 2.35. The summed E-state index contributed by atoms with van der Waals surface area (Å²) < 4.78 is 0. The van der Waals surface area contributed by atoms with Crippen molar-refractivity contribution in [3.63, 3.8) is 0 Å². The summed E-state index contributed by atoms with van der Waals surface area (Å²) in [6.45, 7) is 4.62. The van der Waals surface area contributed by atoms with Crippen LogP contribution < -0.4 is 5.32 Å². The molecule has 1 aromatic carbocycles. The number of benzene rings is 1. The minimum atomic E-state index is -0.537. The fraction of sp³-hybridized carbons (Fsp3) is 0.538. The molecule has 2 N–H and O–H groups in total. The second-order valence-electron chi connectivity index (χ2n) is 3.96. The first-order valence-corrected chi connectivity index (χ1v) is 6.83. The molecule has 2 nitrogen and oxygen atoms in total. The van der Waals surface area contributed by atoms with E-state index < -0.39 is 6.10 Å². The molecule has 0 aromatic heterocycles. The van der Waals surface area contributed by atoms with Crippen LogP contribution in [0.15, 0.2) is 12.1 Å². The fourth-order valence-corrected chi connectivity index (χ4v) is 2.21. The quantitative estimate of drug-likeness (QED) is 0.780. The van der Waals surface area contributed by atoms with Gasteiger partial charge in [-0.1, -0.05) is 31.5 Å². The van der Waals surface area contributed by atoms with Crippen LogP contribution >= 0.6 is 23.2 Å². The molecule has 0 fully saturated rings. The van der Waals surface area contributed by atoms with E-state index in [1.54, 1.807) is 0 Å². The van der Waals surface area contributed by atoms with E-state index in [0.717, 1.165) is 29.1 Å². The Bertz CT molecular complexity index is 369. The van der Waals surface area contributed by atoms with Gasteiger partial charge in [-0.05, 0) is 30.0 Å². The Morgan fingerprint density at radius 1 is 1.29 bits per heavy atom. The normalized spacial score (nSPS) is 12.5. The maximum atomic E-state index is 9.49. The highest BCUT2D eigenvalue weighted by molar-refractivity contribution is 6.31. The zero-order valence-electron chi connectivity index (χ0n) is 10.3. The lowest BCUT2D eigenvalue weighted by Crippen LogP contribution is -2.22. The monoisotopic (exact) mass is 275 g/mol. The standard InChI is InChI=1S/C13H19Cl2NO/c1-3-9-5-6-12(15)11(4-2)13(9)16-8-10(17)7-14/h5-6,10,16-17H,3-4,7-8H2,1-2H3. The average molecular weight is 276 g/mol. The summed E-state index contributed by atoms with van der Waals surface area (Å²) in [5, 5.41) is 13.5. The van der Waals surface area contributed by atoms with Crippen molar-refractivity contribution in [2.75, 3.05) is 17.7 Å². The molecular weight excluding hydrogens is 257 g/mol. The molecule has 0 aliphatic carbocycles. The number of hydrogen-bond donors (Lipinski definition) is 2. The van der Waals surface area contributed by atoms with E-state index in [1.165, 1.54) is 5.56 Å². The van der Waals surface area contributed by atoms with E-state index in [2.05, 4.69) is 19.2 Å². The van der Waals surface area contributed by atoms with Gasteiger partial charge in [-0.3, -0.25) is 0 Å². The first-order valence-electron chi connectivity index (χ1n) is 5.92. The SMILES string of the molecule is CCc1ccc(Cl)c(CC)c1NCC(O)CCl. The van der Waals surface area contributed by atoms with Crippen LogP contribution in [0.1, 0.15) is 25.0 Å². The Morgan fingerprint density at radius 3 is 2.53 bits per heavy atom. The summed E-state index contributed by atoms with van der Waals surface area (Å²) in [7, 11) is 0. The molecule has 0 spiro atoms. The molecule has 0 bridgehead atoms. The molecule has 0 saturated heterocycles. The second kappa shape index (κ2) is 7.10. The van der Waals surface area contributed by atoms with Crippen LogP contribution in [0, 0.1) is 0 Å². The summed E-state index contributed by atoms with van der Waals surface area (Å²) in [5.74, 6) is 0.233. The topological polar surface area (TPSA) is 32.3 Å². The highest BCUT2D eigenvalue weighted by Crippen LogP contribution is 2.29. The molecule has 4 heteroatoms. The third kappa shape index (κ3) is 3.77. The minimum Gasteiger partial charge on any atom is -0.390 e. The lowest BCUT2D eigenvalue weighted by atomic mass is 10.0. The zero-order valence-corrected chi connectivity index (χ0v) is 11.8. The number of aliphatic hydroxyl groups is 1. The molecule has 1 unspecified atom stereocenters. The zero-order chi connectivity index (χ0) is 12.8. The third-order valence-electron chi connectivity index (χ3n) is 2.77. The van der Waals surface area contributed by atoms with Crippen molar-refractivity contribution in [3.05, 3.63) is 28.3 Å². The molecule has 17 heavy (non-hydrogen) atoms. The maximum Gasteiger partial charge on any atom is 0.0847 e. The first kappa shape index (κ1) is 14.6. The first-order chi connectivity index (χ1) is 8.13. The van der Waals surface area contributed by atoms with Crippen molar-refractivity contribution in [1.82, 2.24) is 0 Å². The van der Waals surface area contributed by atoms with Gasteiger partial charge in [0.2, 0.25) is 0 Å². The predicted octanol–water partition coefficient (Wildman–Crippen LogP) is 3.48. The van der Waals surface area contributed by atoms with E-state index in [1.807, 2.05) is 12.1 Å². The number of aryl methyl sites for hydroxylation is 1. The van der Waals surface area contributed by atoms with Crippen LogP contribution in [-0.4, -0.2) is 23.6 Å². The van der Waals surface area contributed by atoms with E-state index >= 15 is 0 Å². The number of aliphatic hydroxyl groups excluding tert-OH is 1. The van der Waals surface area contributed by atoms with Crippen molar-refractivity contribution in [3.8, 4) is 0 Å². The van der Waals surface area contributed by atoms with Crippen molar-refractivity contribution in [1.29, 1.82) is 0 Å². The Hall–Kier alpha value is -0.440. The van der Waals surface area contributed by atoms with Gasteiger partial charge in [0.1, 0.15) is 0 Å². The predicted molar refractivity (Wildman–Crippen MR) is 75.4 cm³/mol.